The summed E-state index contributed by atoms with van der Waals surface area (Å²) in [4.78, 5) is 4.44. The third kappa shape index (κ3) is 5.49. The summed E-state index contributed by atoms with van der Waals surface area (Å²) >= 11 is 8.38. The van der Waals surface area contributed by atoms with Gasteiger partial charge in [-0.2, -0.15) is 4.37 Å². The molecule has 3 rings (SSSR count). The molecule has 0 aliphatic rings. The Bertz CT molecular complexity index is 925. The van der Waals surface area contributed by atoms with Gasteiger partial charge in [0, 0.05) is 36.1 Å². The molecule has 0 saturated heterocycles. The SMILES string of the molecule is O=S(=O)(NCCCNc1nc(Cc2ccc(Cl)cc2)ns1)c1cccs1. The van der Waals surface area contributed by atoms with Crippen molar-refractivity contribution >= 4 is 49.6 Å². The van der Waals surface area contributed by atoms with Gasteiger partial charge in [-0.05, 0) is 35.6 Å². The van der Waals surface area contributed by atoms with Crippen molar-refractivity contribution in [3.8, 4) is 0 Å². The number of anilines is 1. The molecule has 1 aromatic carbocycles. The number of thiophene rings is 1. The van der Waals surface area contributed by atoms with E-state index in [9.17, 15) is 8.42 Å². The van der Waals surface area contributed by atoms with Crippen LogP contribution in [0.5, 0.6) is 0 Å². The van der Waals surface area contributed by atoms with Crippen LogP contribution in [0.25, 0.3) is 0 Å². The average molecular weight is 429 g/mol. The molecule has 138 valence electrons. The molecular formula is C16H17ClN4O2S3. The third-order valence-electron chi connectivity index (χ3n) is 3.43. The fourth-order valence-corrected chi connectivity index (χ4v) is 5.01. The average Bonchev–Trinajstić information content (AvgIpc) is 3.29. The van der Waals surface area contributed by atoms with Crippen molar-refractivity contribution in [2.75, 3.05) is 18.4 Å². The van der Waals surface area contributed by atoms with E-state index in [2.05, 4.69) is 19.4 Å². The van der Waals surface area contributed by atoms with Crippen LogP contribution in [0.3, 0.4) is 0 Å². The molecule has 2 aromatic heterocycles. The molecule has 0 spiro atoms. The lowest BCUT2D eigenvalue weighted by atomic mass is 10.1. The summed E-state index contributed by atoms with van der Waals surface area (Å²) in [5, 5.41) is 6.35. The highest BCUT2D eigenvalue weighted by molar-refractivity contribution is 7.91. The smallest absolute Gasteiger partial charge is 0.250 e. The molecule has 0 fully saturated rings. The van der Waals surface area contributed by atoms with Gasteiger partial charge in [0.1, 0.15) is 10.0 Å². The number of hydrogen-bond donors (Lipinski definition) is 2. The highest BCUT2D eigenvalue weighted by Crippen LogP contribution is 2.17. The molecule has 3 aromatic rings. The number of sulfonamides is 1. The molecule has 2 heterocycles. The highest BCUT2D eigenvalue weighted by atomic mass is 35.5. The van der Waals surface area contributed by atoms with Gasteiger partial charge < -0.3 is 5.32 Å². The van der Waals surface area contributed by atoms with E-state index in [-0.39, 0.29) is 0 Å². The number of halogens is 1. The first-order valence-electron chi connectivity index (χ1n) is 7.87. The lowest BCUT2D eigenvalue weighted by Gasteiger charge is -2.05. The number of nitrogens with zero attached hydrogens (tertiary/aromatic N) is 2. The van der Waals surface area contributed by atoms with E-state index in [0.717, 1.165) is 16.5 Å². The van der Waals surface area contributed by atoms with E-state index < -0.39 is 10.0 Å². The molecular weight excluding hydrogens is 412 g/mol. The first-order valence-corrected chi connectivity index (χ1v) is 11.4. The standard InChI is InChI=1S/C16H17ClN4O2S3/c17-13-6-4-12(5-7-13)11-14-20-16(25-21-14)18-8-2-9-19-26(22,23)15-3-1-10-24-15/h1,3-7,10,19H,2,8-9,11H2,(H,18,20,21). The fourth-order valence-electron chi connectivity index (χ4n) is 2.16. The molecule has 0 bridgehead atoms. The van der Waals surface area contributed by atoms with Gasteiger partial charge in [0.05, 0.1) is 0 Å². The van der Waals surface area contributed by atoms with Crippen LogP contribution in [0.1, 0.15) is 17.8 Å². The zero-order valence-electron chi connectivity index (χ0n) is 13.7. The summed E-state index contributed by atoms with van der Waals surface area (Å²) in [6.07, 6.45) is 1.30. The number of aromatic nitrogens is 2. The van der Waals surface area contributed by atoms with E-state index in [4.69, 9.17) is 11.6 Å². The summed E-state index contributed by atoms with van der Waals surface area (Å²) in [6, 6.07) is 10.9. The Morgan fingerprint density at radius 2 is 1.92 bits per heavy atom. The molecule has 10 heteroatoms. The maximum absolute atomic E-state index is 12.0. The van der Waals surface area contributed by atoms with Crippen LogP contribution >= 0.6 is 34.5 Å². The highest BCUT2D eigenvalue weighted by Gasteiger charge is 2.13. The van der Waals surface area contributed by atoms with Gasteiger partial charge in [-0.1, -0.05) is 29.8 Å². The maximum atomic E-state index is 12.0. The number of nitrogens with one attached hydrogen (secondary N) is 2. The van der Waals surface area contributed by atoms with Gasteiger partial charge in [0.2, 0.25) is 15.2 Å². The fraction of sp³-hybridized carbons (Fsp3) is 0.250. The number of hydrogen-bond acceptors (Lipinski definition) is 7. The van der Waals surface area contributed by atoms with Crippen molar-refractivity contribution < 1.29 is 8.42 Å². The monoisotopic (exact) mass is 428 g/mol. The molecule has 0 amide bonds. The third-order valence-corrected chi connectivity index (χ3v) is 7.25. The van der Waals surface area contributed by atoms with Crippen molar-refractivity contribution in [1.82, 2.24) is 14.1 Å². The zero-order chi connectivity index (χ0) is 18.4. The van der Waals surface area contributed by atoms with Crippen LogP contribution in [0.4, 0.5) is 5.13 Å². The van der Waals surface area contributed by atoms with Crippen LogP contribution in [-0.2, 0) is 16.4 Å². The second-order valence-corrected chi connectivity index (χ2v) is 9.56. The summed E-state index contributed by atoms with van der Waals surface area (Å²) in [5.74, 6) is 0.748. The maximum Gasteiger partial charge on any atom is 0.250 e. The molecule has 0 saturated carbocycles. The van der Waals surface area contributed by atoms with E-state index in [1.165, 1.54) is 22.9 Å². The molecule has 0 atom stereocenters. The summed E-state index contributed by atoms with van der Waals surface area (Å²) < 4.78 is 31.2. The first kappa shape index (κ1) is 19.2. The minimum absolute atomic E-state index is 0.335. The van der Waals surface area contributed by atoms with Crippen molar-refractivity contribution in [3.63, 3.8) is 0 Å². The zero-order valence-corrected chi connectivity index (χ0v) is 16.9. The van der Waals surface area contributed by atoms with Gasteiger partial charge in [0.25, 0.3) is 0 Å². The topological polar surface area (TPSA) is 84.0 Å². The van der Waals surface area contributed by atoms with E-state index in [0.29, 0.717) is 35.2 Å². The lowest BCUT2D eigenvalue weighted by molar-refractivity contribution is 0.582. The van der Waals surface area contributed by atoms with Crippen LogP contribution in [-0.4, -0.2) is 30.9 Å². The number of benzene rings is 1. The molecule has 6 nitrogen and oxygen atoms in total. The Kier molecular flexibility index (Phi) is 6.60. The van der Waals surface area contributed by atoms with Crippen molar-refractivity contribution in [3.05, 3.63) is 58.2 Å². The summed E-state index contributed by atoms with van der Waals surface area (Å²) in [7, 11) is -3.39. The van der Waals surface area contributed by atoms with Crippen LogP contribution in [0.15, 0.2) is 46.0 Å². The van der Waals surface area contributed by atoms with Crippen LogP contribution < -0.4 is 10.0 Å². The second kappa shape index (κ2) is 8.92. The Morgan fingerprint density at radius 1 is 1.12 bits per heavy atom. The van der Waals surface area contributed by atoms with Gasteiger partial charge in [-0.15, -0.1) is 11.3 Å². The molecule has 2 N–H and O–H groups in total. The van der Waals surface area contributed by atoms with E-state index >= 15 is 0 Å². The van der Waals surface area contributed by atoms with E-state index in [1.807, 2.05) is 24.3 Å². The van der Waals surface area contributed by atoms with Crippen molar-refractivity contribution in [2.45, 2.75) is 17.1 Å². The number of rotatable bonds is 9. The van der Waals surface area contributed by atoms with Crippen LogP contribution in [0, 0.1) is 0 Å². The van der Waals surface area contributed by atoms with Gasteiger partial charge in [-0.25, -0.2) is 18.1 Å². The largest absolute Gasteiger partial charge is 0.360 e. The quantitative estimate of drug-likeness (QED) is 0.508. The first-order chi connectivity index (χ1) is 12.5. The Balaban J connectivity index is 1.40. The predicted molar refractivity (Wildman–Crippen MR) is 107 cm³/mol. The van der Waals surface area contributed by atoms with Gasteiger partial charge in [0.15, 0.2) is 0 Å². The predicted octanol–water partition coefficient (Wildman–Crippen LogP) is 3.62. The van der Waals surface area contributed by atoms with Gasteiger partial charge in [-0.3, -0.25) is 0 Å². The normalized spacial score (nSPS) is 11.6. The minimum Gasteiger partial charge on any atom is -0.360 e. The van der Waals surface area contributed by atoms with Crippen molar-refractivity contribution in [2.24, 2.45) is 0 Å². The molecule has 0 unspecified atom stereocenters. The Morgan fingerprint density at radius 3 is 2.65 bits per heavy atom. The summed E-state index contributed by atoms with van der Waals surface area (Å²) in [6.45, 7) is 0.978. The van der Waals surface area contributed by atoms with Crippen molar-refractivity contribution in [1.29, 1.82) is 0 Å². The lowest BCUT2D eigenvalue weighted by Crippen LogP contribution is -2.25. The Labute approximate surface area is 165 Å². The van der Waals surface area contributed by atoms with Gasteiger partial charge >= 0.3 is 0 Å². The van der Waals surface area contributed by atoms with Crippen LogP contribution in [0.2, 0.25) is 5.02 Å². The molecule has 0 radical (unpaired) electrons. The Hall–Kier alpha value is -1.52. The molecule has 0 aliphatic carbocycles. The minimum atomic E-state index is -3.39. The summed E-state index contributed by atoms with van der Waals surface area (Å²) in [5.41, 5.74) is 1.10. The second-order valence-electron chi connectivity index (χ2n) is 5.43. The molecule has 26 heavy (non-hydrogen) atoms. The van der Waals surface area contributed by atoms with E-state index in [1.54, 1.807) is 17.5 Å². The molecule has 0 aliphatic heterocycles.